The molecular weight excluding hydrogens is 332 g/mol. The van der Waals surface area contributed by atoms with E-state index in [1.807, 2.05) is 6.07 Å². The highest BCUT2D eigenvalue weighted by Crippen LogP contribution is 2.29. The van der Waals surface area contributed by atoms with Crippen molar-refractivity contribution in [1.82, 2.24) is 9.55 Å². The Morgan fingerprint density at radius 2 is 1.95 bits per heavy atom. The molecule has 1 aromatic heterocycles. The first-order chi connectivity index (χ1) is 10.0. The molecule has 0 atom stereocenters. The lowest BCUT2D eigenvalue weighted by Gasteiger charge is -2.07. The summed E-state index contributed by atoms with van der Waals surface area (Å²) in [4.78, 5) is 2.94. The fraction of sp³-hybridized carbons (Fsp3) is 0. The van der Waals surface area contributed by atoms with Crippen LogP contribution in [-0.4, -0.2) is 9.55 Å². The van der Waals surface area contributed by atoms with E-state index in [9.17, 15) is 4.39 Å². The molecule has 3 rings (SSSR count). The van der Waals surface area contributed by atoms with Crippen molar-refractivity contribution in [3.05, 3.63) is 56.5 Å². The monoisotopic (exact) mass is 337 g/mol. The number of fused-ring (bicyclic) bond motifs is 1. The van der Waals surface area contributed by atoms with Gasteiger partial charge in [-0.05, 0) is 36.5 Å². The van der Waals surface area contributed by atoms with E-state index < -0.39 is 5.82 Å². The number of nitrogens with zero attached hydrogens (tertiary/aromatic N) is 2. The Balaban J connectivity index is 2.41. The highest BCUT2D eigenvalue weighted by molar-refractivity contribution is 7.71. The Labute approximate surface area is 134 Å². The van der Waals surface area contributed by atoms with E-state index in [1.54, 1.807) is 22.8 Å². The van der Waals surface area contributed by atoms with Crippen molar-refractivity contribution in [2.45, 2.75) is 0 Å². The average molecular weight is 338 g/mol. The third-order valence-electron chi connectivity index (χ3n) is 3.04. The number of benzene rings is 2. The minimum Gasteiger partial charge on any atom is -0.330 e. The van der Waals surface area contributed by atoms with E-state index in [0.717, 1.165) is 0 Å². The van der Waals surface area contributed by atoms with Crippen molar-refractivity contribution >= 4 is 46.5 Å². The van der Waals surface area contributed by atoms with Gasteiger partial charge in [0, 0.05) is 6.07 Å². The largest absolute Gasteiger partial charge is 0.330 e. The molecule has 3 aromatic rings. The first kappa shape index (κ1) is 14.1. The lowest BCUT2D eigenvalue weighted by atomic mass is 10.2. The van der Waals surface area contributed by atoms with Gasteiger partial charge in [0.05, 0.1) is 38.4 Å². The molecule has 1 heterocycles. The van der Waals surface area contributed by atoms with Gasteiger partial charge in [0.25, 0.3) is 0 Å². The van der Waals surface area contributed by atoms with Crippen LogP contribution in [-0.2, 0) is 0 Å². The Bertz CT molecular complexity index is 969. The fourth-order valence-electron chi connectivity index (χ4n) is 2.09. The number of rotatable bonds is 1. The van der Waals surface area contributed by atoms with Gasteiger partial charge in [0.2, 0.25) is 0 Å². The van der Waals surface area contributed by atoms with Crippen LogP contribution < -0.4 is 0 Å². The number of aromatic amines is 1. The quantitative estimate of drug-likeness (QED) is 0.634. The van der Waals surface area contributed by atoms with E-state index in [2.05, 4.69) is 4.98 Å². The van der Waals surface area contributed by atoms with Crippen LogP contribution in [0.25, 0.3) is 16.7 Å². The second-order valence-electron chi connectivity index (χ2n) is 4.33. The standard InChI is InChI=1S/C14H6Cl2FN3S/c15-8-2-1-7(6-18)3-12(8)20-13-5-10(17)9(16)4-11(13)19-14(20)21/h1-5H,(H,19,21). The zero-order chi connectivity index (χ0) is 15.1. The summed E-state index contributed by atoms with van der Waals surface area (Å²) < 4.78 is 15.6. The van der Waals surface area contributed by atoms with Gasteiger partial charge in [-0.1, -0.05) is 23.2 Å². The predicted octanol–water partition coefficient (Wildman–Crippen LogP) is 5.01. The first-order valence-corrected chi connectivity index (χ1v) is 6.97. The van der Waals surface area contributed by atoms with E-state index in [4.69, 9.17) is 40.7 Å². The van der Waals surface area contributed by atoms with Crippen molar-refractivity contribution in [2.75, 3.05) is 0 Å². The summed E-state index contributed by atoms with van der Waals surface area (Å²) in [5, 5.41) is 9.41. The molecule has 21 heavy (non-hydrogen) atoms. The number of hydrogen-bond acceptors (Lipinski definition) is 2. The molecule has 0 unspecified atom stereocenters. The zero-order valence-electron chi connectivity index (χ0n) is 10.3. The van der Waals surface area contributed by atoms with Gasteiger partial charge in [0.15, 0.2) is 4.77 Å². The molecule has 0 radical (unpaired) electrons. The molecule has 7 heteroatoms. The highest BCUT2D eigenvalue weighted by atomic mass is 35.5. The zero-order valence-corrected chi connectivity index (χ0v) is 12.7. The molecular formula is C14H6Cl2FN3S. The molecule has 0 spiro atoms. The maximum atomic E-state index is 13.7. The van der Waals surface area contributed by atoms with Crippen LogP contribution in [0, 0.1) is 21.9 Å². The van der Waals surface area contributed by atoms with Crippen molar-refractivity contribution in [3.63, 3.8) is 0 Å². The number of H-pyrrole nitrogens is 1. The minimum absolute atomic E-state index is 0.00257. The van der Waals surface area contributed by atoms with Crippen molar-refractivity contribution in [1.29, 1.82) is 5.26 Å². The molecule has 1 N–H and O–H groups in total. The second kappa shape index (κ2) is 5.15. The number of halogens is 3. The summed E-state index contributed by atoms with van der Waals surface area (Å²) in [5.74, 6) is -0.556. The van der Waals surface area contributed by atoms with Crippen LogP contribution in [0.15, 0.2) is 30.3 Å². The lowest BCUT2D eigenvalue weighted by molar-refractivity contribution is 0.629. The van der Waals surface area contributed by atoms with Crippen molar-refractivity contribution < 1.29 is 4.39 Å². The van der Waals surface area contributed by atoms with Crippen LogP contribution in [0.1, 0.15) is 5.56 Å². The van der Waals surface area contributed by atoms with Gasteiger partial charge in [-0.3, -0.25) is 4.57 Å². The van der Waals surface area contributed by atoms with Gasteiger partial charge in [-0.2, -0.15) is 5.26 Å². The summed E-state index contributed by atoms with van der Waals surface area (Å²) in [6.45, 7) is 0. The maximum Gasteiger partial charge on any atom is 0.182 e. The van der Waals surface area contributed by atoms with Crippen LogP contribution in [0.5, 0.6) is 0 Å². The number of imidazole rings is 1. The van der Waals surface area contributed by atoms with Crippen LogP contribution in [0.4, 0.5) is 4.39 Å². The predicted molar refractivity (Wildman–Crippen MR) is 83.2 cm³/mol. The molecule has 0 aliphatic carbocycles. The summed E-state index contributed by atoms with van der Waals surface area (Å²) in [7, 11) is 0. The van der Waals surface area contributed by atoms with E-state index in [-0.39, 0.29) is 5.02 Å². The van der Waals surface area contributed by atoms with E-state index >= 15 is 0 Å². The van der Waals surface area contributed by atoms with Gasteiger partial charge in [0.1, 0.15) is 5.82 Å². The average Bonchev–Trinajstić information content (AvgIpc) is 2.75. The molecule has 2 aromatic carbocycles. The van der Waals surface area contributed by atoms with Gasteiger partial charge in [-0.25, -0.2) is 4.39 Å². The SMILES string of the molecule is N#Cc1ccc(Cl)c(-n2c(=S)[nH]c3cc(Cl)c(F)cc32)c1. The van der Waals surface area contributed by atoms with Crippen molar-refractivity contribution in [3.8, 4) is 11.8 Å². The summed E-state index contributed by atoms with van der Waals surface area (Å²) in [6.07, 6.45) is 0. The molecule has 0 saturated carbocycles. The topological polar surface area (TPSA) is 44.5 Å². The Kier molecular flexibility index (Phi) is 3.46. The molecule has 0 aliphatic rings. The number of nitriles is 1. The molecule has 104 valence electrons. The Morgan fingerprint density at radius 1 is 1.19 bits per heavy atom. The molecule has 0 fully saturated rings. The highest BCUT2D eigenvalue weighted by Gasteiger charge is 2.13. The van der Waals surface area contributed by atoms with Gasteiger partial charge < -0.3 is 4.98 Å². The minimum atomic E-state index is -0.556. The third kappa shape index (κ3) is 2.32. The number of hydrogen-bond donors (Lipinski definition) is 1. The van der Waals surface area contributed by atoms with Gasteiger partial charge in [-0.15, -0.1) is 0 Å². The second-order valence-corrected chi connectivity index (χ2v) is 5.53. The molecule has 3 nitrogen and oxygen atoms in total. The fourth-order valence-corrected chi connectivity index (χ4v) is 2.77. The first-order valence-electron chi connectivity index (χ1n) is 5.81. The molecule has 0 amide bonds. The number of nitrogens with one attached hydrogen (secondary N) is 1. The smallest absolute Gasteiger partial charge is 0.182 e. The van der Waals surface area contributed by atoms with E-state index in [1.165, 1.54) is 12.1 Å². The van der Waals surface area contributed by atoms with Crippen LogP contribution in [0.3, 0.4) is 0 Å². The maximum absolute atomic E-state index is 13.7. The lowest BCUT2D eigenvalue weighted by Crippen LogP contribution is -1.96. The van der Waals surface area contributed by atoms with Crippen molar-refractivity contribution in [2.24, 2.45) is 0 Å². The normalized spacial score (nSPS) is 10.8. The molecule has 0 aliphatic heterocycles. The Morgan fingerprint density at radius 3 is 2.67 bits per heavy atom. The third-order valence-corrected chi connectivity index (χ3v) is 3.93. The summed E-state index contributed by atoms with van der Waals surface area (Å²) in [6, 6.07) is 9.56. The molecule has 0 bridgehead atoms. The molecule has 0 saturated heterocycles. The van der Waals surface area contributed by atoms with Crippen LogP contribution >= 0.6 is 35.4 Å². The van der Waals surface area contributed by atoms with Crippen LogP contribution in [0.2, 0.25) is 10.0 Å². The van der Waals surface area contributed by atoms with E-state index in [0.29, 0.717) is 32.1 Å². The Hall–Kier alpha value is -1.87. The summed E-state index contributed by atoms with van der Waals surface area (Å²) in [5.41, 5.74) is 2.03. The van der Waals surface area contributed by atoms with Gasteiger partial charge >= 0.3 is 0 Å². The summed E-state index contributed by atoms with van der Waals surface area (Å²) >= 11 is 17.2. The number of aromatic nitrogens is 2.